The number of hydrogen-bond acceptors (Lipinski definition) is 2. The molecule has 0 aromatic heterocycles. The van der Waals surface area contributed by atoms with E-state index in [2.05, 4.69) is 39.1 Å². The normalized spacial score (nSPS) is 18.9. The number of nitrogens with one attached hydrogen (secondary N) is 1. The largest absolute Gasteiger partial charge is 0.388 e. The van der Waals surface area contributed by atoms with Crippen LogP contribution in [0.25, 0.3) is 0 Å². The van der Waals surface area contributed by atoms with Crippen LogP contribution in [-0.4, -0.2) is 18.2 Å². The summed E-state index contributed by atoms with van der Waals surface area (Å²) in [4.78, 5) is 0. The van der Waals surface area contributed by atoms with E-state index in [1.165, 1.54) is 27.8 Å². The van der Waals surface area contributed by atoms with Crippen LogP contribution in [0.1, 0.15) is 46.8 Å². The van der Waals surface area contributed by atoms with Crippen LogP contribution < -0.4 is 5.32 Å². The Bertz CT molecular complexity index is 407. The number of rotatable bonds is 2. The fourth-order valence-corrected chi connectivity index (χ4v) is 3.09. The van der Waals surface area contributed by atoms with Crippen LogP contribution in [-0.2, 0) is 0 Å². The van der Waals surface area contributed by atoms with Gasteiger partial charge >= 0.3 is 0 Å². The minimum absolute atomic E-state index is 0.300. The zero-order valence-corrected chi connectivity index (χ0v) is 12.0. The Morgan fingerprint density at radius 1 is 1.06 bits per heavy atom. The Hall–Kier alpha value is -0.860. The molecule has 2 rings (SSSR count). The standard InChI is InChI=1S/C16H25NO/c1-10-9-11(2)13(4)15(12(10)3)16(18)14-5-7-17-8-6-14/h9,14,16-18H,5-8H2,1-4H3. The summed E-state index contributed by atoms with van der Waals surface area (Å²) in [6.07, 6.45) is 1.85. The lowest BCUT2D eigenvalue weighted by Gasteiger charge is -2.30. The van der Waals surface area contributed by atoms with Crippen molar-refractivity contribution in [2.24, 2.45) is 5.92 Å². The molecule has 1 aromatic rings. The summed E-state index contributed by atoms with van der Waals surface area (Å²) in [7, 11) is 0. The molecule has 1 fully saturated rings. The first-order valence-corrected chi connectivity index (χ1v) is 6.98. The molecule has 1 atom stereocenters. The fourth-order valence-electron chi connectivity index (χ4n) is 3.09. The highest BCUT2D eigenvalue weighted by molar-refractivity contribution is 5.45. The van der Waals surface area contributed by atoms with Gasteiger partial charge in [0.15, 0.2) is 0 Å². The van der Waals surface area contributed by atoms with Crippen molar-refractivity contribution >= 4 is 0 Å². The first-order valence-electron chi connectivity index (χ1n) is 6.98. The molecule has 0 bridgehead atoms. The average Bonchev–Trinajstić information content (AvgIpc) is 2.37. The lowest BCUT2D eigenvalue weighted by atomic mass is 9.82. The zero-order valence-electron chi connectivity index (χ0n) is 12.0. The first kappa shape index (κ1) is 13.6. The van der Waals surface area contributed by atoms with E-state index in [-0.39, 0.29) is 6.10 Å². The summed E-state index contributed by atoms with van der Waals surface area (Å²) in [5.41, 5.74) is 6.30. The molecule has 100 valence electrons. The van der Waals surface area contributed by atoms with E-state index in [0.29, 0.717) is 5.92 Å². The fraction of sp³-hybridized carbons (Fsp3) is 0.625. The molecule has 2 nitrogen and oxygen atoms in total. The Balaban J connectivity index is 2.37. The van der Waals surface area contributed by atoms with Gasteiger partial charge in [0.05, 0.1) is 6.10 Å². The molecule has 1 aliphatic heterocycles. The minimum atomic E-state index is -0.300. The second-order valence-electron chi connectivity index (χ2n) is 5.71. The molecular weight excluding hydrogens is 222 g/mol. The predicted octanol–water partition coefficient (Wildman–Crippen LogP) is 2.95. The summed E-state index contributed by atoms with van der Waals surface area (Å²) in [5.74, 6) is 0.407. The van der Waals surface area contributed by atoms with Gasteiger partial charge in [-0.3, -0.25) is 0 Å². The van der Waals surface area contributed by atoms with Crippen LogP contribution in [0.3, 0.4) is 0 Å². The van der Waals surface area contributed by atoms with Crippen molar-refractivity contribution in [2.75, 3.05) is 13.1 Å². The van der Waals surface area contributed by atoms with Crippen LogP contribution >= 0.6 is 0 Å². The molecular formula is C16H25NO. The van der Waals surface area contributed by atoms with Crippen molar-refractivity contribution in [3.05, 3.63) is 33.9 Å². The second kappa shape index (κ2) is 5.41. The van der Waals surface area contributed by atoms with Crippen molar-refractivity contribution in [2.45, 2.75) is 46.6 Å². The van der Waals surface area contributed by atoms with Gasteiger partial charge in [-0.05, 0) is 87.4 Å². The van der Waals surface area contributed by atoms with Gasteiger partial charge in [0.2, 0.25) is 0 Å². The highest BCUT2D eigenvalue weighted by Crippen LogP contribution is 2.34. The van der Waals surface area contributed by atoms with E-state index in [1.807, 2.05) is 0 Å². The molecule has 1 heterocycles. The SMILES string of the molecule is Cc1cc(C)c(C)c(C(O)C2CCNCC2)c1C. The third-order valence-electron chi connectivity index (χ3n) is 4.55. The lowest BCUT2D eigenvalue weighted by molar-refractivity contribution is 0.0877. The third-order valence-corrected chi connectivity index (χ3v) is 4.55. The van der Waals surface area contributed by atoms with Gasteiger partial charge in [-0.15, -0.1) is 0 Å². The molecule has 0 saturated carbocycles. The van der Waals surface area contributed by atoms with Gasteiger partial charge in [0, 0.05) is 0 Å². The van der Waals surface area contributed by atoms with E-state index in [4.69, 9.17) is 0 Å². The molecule has 1 unspecified atom stereocenters. The molecule has 0 radical (unpaired) electrons. The van der Waals surface area contributed by atoms with Crippen molar-refractivity contribution in [3.8, 4) is 0 Å². The van der Waals surface area contributed by atoms with Crippen molar-refractivity contribution < 1.29 is 5.11 Å². The summed E-state index contributed by atoms with van der Waals surface area (Å²) >= 11 is 0. The van der Waals surface area contributed by atoms with Gasteiger partial charge in [-0.25, -0.2) is 0 Å². The Morgan fingerprint density at radius 3 is 2.06 bits per heavy atom. The molecule has 1 aliphatic rings. The number of benzene rings is 1. The second-order valence-corrected chi connectivity index (χ2v) is 5.71. The van der Waals surface area contributed by atoms with E-state index >= 15 is 0 Å². The summed E-state index contributed by atoms with van der Waals surface area (Å²) < 4.78 is 0. The highest BCUT2D eigenvalue weighted by Gasteiger charge is 2.26. The number of piperidine rings is 1. The molecule has 0 amide bonds. The number of aliphatic hydroxyl groups is 1. The van der Waals surface area contributed by atoms with Gasteiger partial charge < -0.3 is 10.4 Å². The molecule has 1 saturated heterocycles. The summed E-state index contributed by atoms with van der Waals surface area (Å²) in [6.45, 7) is 10.6. The molecule has 18 heavy (non-hydrogen) atoms. The van der Waals surface area contributed by atoms with Crippen LogP contribution in [0.5, 0.6) is 0 Å². The Labute approximate surface area is 110 Å². The van der Waals surface area contributed by atoms with Crippen LogP contribution in [0, 0.1) is 33.6 Å². The summed E-state index contributed by atoms with van der Waals surface area (Å²) in [5, 5.41) is 14.1. The van der Waals surface area contributed by atoms with Crippen LogP contribution in [0.2, 0.25) is 0 Å². The third kappa shape index (κ3) is 2.45. The number of hydrogen-bond donors (Lipinski definition) is 2. The van der Waals surface area contributed by atoms with E-state index in [0.717, 1.165) is 25.9 Å². The van der Waals surface area contributed by atoms with E-state index in [1.54, 1.807) is 0 Å². The summed E-state index contributed by atoms with van der Waals surface area (Å²) in [6, 6.07) is 2.23. The van der Waals surface area contributed by atoms with E-state index < -0.39 is 0 Å². The maximum Gasteiger partial charge on any atom is 0.0824 e. The molecule has 2 heteroatoms. The smallest absolute Gasteiger partial charge is 0.0824 e. The average molecular weight is 247 g/mol. The molecule has 1 aromatic carbocycles. The minimum Gasteiger partial charge on any atom is -0.388 e. The quantitative estimate of drug-likeness (QED) is 0.842. The number of aliphatic hydroxyl groups excluding tert-OH is 1. The van der Waals surface area contributed by atoms with Gasteiger partial charge in [-0.1, -0.05) is 6.07 Å². The predicted molar refractivity (Wildman–Crippen MR) is 75.9 cm³/mol. The maximum absolute atomic E-state index is 10.7. The van der Waals surface area contributed by atoms with Crippen molar-refractivity contribution in [1.82, 2.24) is 5.32 Å². The van der Waals surface area contributed by atoms with Gasteiger partial charge in [0.1, 0.15) is 0 Å². The van der Waals surface area contributed by atoms with Gasteiger partial charge in [0.25, 0.3) is 0 Å². The maximum atomic E-state index is 10.7. The Morgan fingerprint density at radius 2 is 1.56 bits per heavy atom. The zero-order chi connectivity index (χ0) is 13.3. The molecule has 0 spiro atoms. The van der Waals surface area contributed by atoms with Crippen LogP contribution in [0.4, 0.5) is 0 Å². The Kier molecular flexibility index (Phi) is 4.08. The number of aryl methyl sites for hydroxylation is 2. The van der Waals surface area contributed by atoms with Gasteiger partial charge in [-0.2, -0.15) is 0 Å². The van der Waals surface area contributed by atoms with Crippen molar-refractivity contribution in [3.63, 3.8) is 0 Å². The lowest BCUT2D eigenvalue weighted by Crippen LogP contribution is -2.31. The highest BCUT2D eigenvalue weighted by atomic mass is 16.3. The van der Waals surface area contributed by atoms with E-state index in [9.17, 15) is 5.11 Å². The monoisotopic (exact) mass is 247 g/mol. The molecule has 2 N–H and O–H groups in total. The molecule has 0 aliphatic carbocycles. The first-order chi connectivity index (χ1) is 8.52. The van der Waals surface area contributed by atoms with Crippen molar-refractivity contribution in [1.29, 1.82) is 0 Å². The topological polar surface area (TPSA) is 32.3 Å². The van der Waals surface area contributed by atoms with Crippen LogP contribution in [0.15, 0.2) is 6.07 Å².